The molecule has 7 heteroatoms. The van der Waals surface area contributed by atoms with Gasteiger partial charge in [-0.1, -0.05) is 0 Å². The number of nitriles is 1. The molecule has 0 atom stereocenters. The summed E-state index contributed by atoms with van der Waals surface area (Å²) in [5, 5.41) is 8.59. The van der Waals surface area contributed by atoms with E-state index in [0.717, 1.165) is 0 Å². The molecule has 0 radical (unpaired) electrons. The number of rotatable bonds is 0. The fourth-order valence-corrected chi connectivity index (χ4v) is 2.29. The smallest absolute Gasteiger partial charge is 0.332 e. The Morgan fingerprint density at radius 3 is 2.07 bits per heavy atom. The van der Waals surface area contributed by atoms with Crippen LogP contribution >= 0.6 is 31.9 Å². The van der Waals surface area contributed by atoms with Gasteiger partial charge in [0.15, 0.2) is 0 Å². The quantitative estimate of drug-likeness (QED) is 0.716. The van der Waals surface area contributed by atoms with Gasteiger partial charge in [0.1, 0.15) is 16.2 Å². The first-order valence-electron chi connectivity index (χ1n) is 3.31. The Morgan fingerprint density at radius 1 is 1.29 bits per heavy atom. The predicted octanol–water partition coefficient (Wildman–Crippen LogP) is 3.44. The van der Waals surface area contributed by atoms with Gasteiger partial charge in [-0.2, -0.15) is 18.4 Å². The van der Waals surface area contributed by atoms with Crippen LogP contribution in [0.3, 0.4) is 0 Å². The van der Waals surface area contributed by atoms with Crippen molar-refractivity contribution in [2.75, 3.05) is 0 Å². The van der Waals surface area contributed by atoms with E-state index in [4.69, 9.17) is 5.26 Å². The number of hydrogen-bond acceptors (Lipinski definition) is 1. The fraction of sp³-hybridized carbons (Fsp3) is 0.286. The lowest BCUT2D eigenvalue weighted by Crippen LogP contribution is -2.06. The normalized spacial score (nSPS) is 11.5. The van der Waals surface area contributed by atoms with Crippen LogP contribution in [0.1, 0.15) is 11.1 Å². The van der Waals surface area contributed by atoms with E-state index >= 15 is 0 Å². The number of halogens is 5. The highest BCUT2D eigenvalue weighted by atomic mass is 79.9. The molecule has 76 valence electrons. The first-order valence-corrected chi connectivity index (χ1v) is 4.90. The van der Waals surface area contributed by atoms with Crippen LogP contribution < -0.4 is 0 Å². The van der Waals surface area contributed by atoms with Gasteiger partial charge in [0.05, 0.1) is 10.2 Å². The maximum absolute atomic E-state index is 12.5. The van der Waals surface area contributed by atoms with Crippen molar-refractivity contribution < 1.29 is 13.2 Å². The minimum Gasteiger partial charge on any atom is -0.332 e. The van der Waals surface area contributed by atoms with E-state index < -0.39 is 17.3 Å². The largest absolute Gasteiger partial charge is 0.420 e. The van der Waals surface area contributed by atoms with Gasteiger partial charge in [0, 0.05) is 7.05 Å². The lowest BCUT2D eigenvalue weighted by Gasteiger charge is -2.05. The van der Waals surface area contributed by atoms with Crippen molar-refractivity contribution in [1.82, 2.24) is 4.57 Å². The SMILES string of the molecule is Cn1c(Br)c(C#N)c(C(F)(F)F)c1Br. The van der Waals surface area contributed by atoms with E-state index in [0.29, 0.717) is 0 Å². The molecule has 1 rings (SSSR count). The Hall–Kier alpha value is -0.480. The molecular formula is C7H3Br2F3N2. The predicted molar refractivity (Wildman–Crippen MR) is 50.5 cm³/mol. The summed E-state index contributed by atoms with van der Waals surface area (Å²) in [6.45, 7) is 0. The molecule has 0 saturated carbocycles. The van der Waals surface area contributed by atoms with Crippen molar-refractivity contribution in [2.24, 2.45) is 7.05 Å². The molecule has 0 aliphatic rings. The van der Waals surface area contributed by atoms with Gasteiger partial charge in [-0.15, -0.1) is 0 Å². The Morgan fingerprint density at radius 2 is 1.79 bits per heavy atom. The summed E-state index contributed by atoms with van der Waals surface area (Å²) in [7, 11) is 1.42. The van der Waals surface area contributed by atoms with E-state index in [1.165, 1.54) is 17.7 Å². The third-order valence-electron chi connectivity index (χ3n) is 1.65. The molecule has 0 aromatic carbocycles. The van der Waals surface area contributed by atoms with Crippen LogP contribution in [0.2, 0.25) is 0 Å². The summed E-state index contributed by atoms with van der Waals surface area (Å²) < 4.78 is 38.6. The van der Waals surface area contributed by atoms with E-state index in [2.05, 4.69) is 31.9 Å². The van der Waals surface area contributed by atoms with Gasteiger partial charge in [-0.25, -0.2) is 0 Å². The second kappa shape index (κ2) is 3.59. The summed E-state index contributed by atoms with van der Waals surface area (Å²) in [4.78, 5) is 0. The number of nitrogens with zero attached hydrogens (tertiary/aromatic N) is 2. The molecule has 0 N–H and O–H groups in total. The molecule has 1 aromatic heterocycles. The standard InChI is InChI=1S/C7H3Br2F3N2/c1-14-5(8)3(2-13)4(6(14)9)7(10,11)12/h1H3. The van der Waals surface area contributed by atoms with Crippen LogP contribution in [0.5, 0.6) is 0 Å². The Bertz CT molecular complexity index is 414. The number of hydrogen-bond donors (Lipinski definition) is 0. The molecule has 0 saturated heterocycles. The zero-order chi connectivity index (χ0) is 11.1. The van der Waals surface area contributed by atoms with E-state index in [9.17, 15) is 13.2 Å². The topological polar surface area (TPSA) is 28.7 Å². The van der Waals surface area contributed by atoms with Crippen molar-refractivity contribution in [3.63, 3.8) is 0 Å². The van der Waals surface area contributed by atoms with E-state index in [1.54, 1.807) is 0 Å². The van der Waals surface area contributed by atoms with Crippen LogP contribution in [-0.2, 0) is 13.2 Å². The van der Waals surface area contributed by atoms with Crippen molar-refractivity contribution >= 4 is 31.9 Å². The third kappa shape index (κ3) is 1.68. The lowest BCUT2D eigenvalue weighted by atomic mass is 10.2. The number of aromatic nitrogens is 1. The van der Waals surface area contributed by atoms with Crippen LogP contribution in [-0.4, -0.2) is 4.57 Å². The second-order valence-corrected chi connectivity index (χ2v) is 4.00. The highest BCUT2D eigenvalue weighted by molar-refractivity contribution is 9.11. The molecule has 14 heavy (non-hydrogen) atoms. The first-order chi connectivity index (χ1) is 6.30. The monoisotopic (exact) mass is 330 g/mol. The van der Waals surface area contributed by atoms with Crippen LogP contribution in [0.15, 0.2) is 9.21 Å². The lowest BCUT2D eigenvalue weighted by molar-refractivity contribution is -0.138. The van der Waals surface area contributed by atoms with Gasteiger partial charge < -0.3 is 4.57 Å². The molecular weight excluding hydrogens is 329 g/mol. The summed E-state index contributed by atoms with van der Waals surface area (Å²) >= 11 is 5.71. The summed E-state index contributed by atoms with van der Waals surface area (Å²) in [5.41, 5.74) is -1.36. The van der Waals surface area contributed by atoms with Crippen molar-refractivity contribution in [1.29, 1.82) is 5.26 Å². The zero-order valence-electron chi connectivity index (χ0n) is 6.78. The van der Waals surface area contributed by atoms with Crippen LogP contribution in [0.4, 0.5) is 13.2 Å². The average molecular weight is 332 g/mol. The molecule has 0 amide bonds. The molecule has 1 aromatic rings. The Kier molecular flexibility index (Phi) is 2.97. The molecule has 0 bridgehead atoms. The van der Waals surface area contributed by atoms with Crippen LogP contribution in [0, 0.1) is 11.3 Å². The van der Waals surface area contributed by atoms with Gasteiger partial charge in [-0.3, -0.25) is 0 Å². The molecule has 0 spiro atoms. The Labute approximate surface area is 94.6 Å². The van der Waals surface area contributed by atoms with Gasteiger partial charge in [0.2, 0.25) is 0 Å². The Balaban J connectivity index is 3.60. The highest BCUT2D eigenvalue weighted by Crippen LogP contribution is 2.41. The second-order valence-electron chi connectivity index (χ2n) is 2.50. The fourth-order valence-electron chi connectivity index (χ4n) is 0.989. The minimum absolute atomic E-state index is 0.110. The minimum atomic E-state index is -4.53. The molecule has 0 aliphatic heterocycles. The molecule has 0 aliphatic carbocycles. The molecule has 2 nitrogen and oxygen atoms in total. The molecule has 1 heterocycles. The molecule has 0 unspecified atom stereocenters. The highest BCUT2D eigenvalue weighted by Gasteiger charge is 2.39. The maximum atomic E-state index is 12.5. The van der Waals surface area contributed by atoms with E-state index in [1.807, 2.05) is 0 Å². The van der Waals surface area contributed by atoms with Crippen molar-refractivity contribution in [2.45, 2.75) is 6.18 Å². The van der Waals surface area contributed by atoms with Gasteiger partial charge >= 0.3 is 6.18 Å². The number of alkyl halides is 3. The van der Waals surface area contributed by atoms with Gasteiger partial charge in [-0.05, 0) is 31.9 Å². The van der Waals surface area contributed by atoms with Crippen molar-refractivity contribution in [3.05, 3.63) is 20.3 Å². The van der Waals surface area contributed by atoms with Crippen molar-refractivity contribution in [3.8, 4) is 6.07 Å². The summed E-state index contributed by atoms with van der Waals surface area (Å²) in [6.07, 6.45) is -4.53. The van der Waals surface area contributed by atoms with Crippen LogP contribution in [0.25, 0.3) is 0 Å². The molecule has 0 fully saturated rings. The zero-order valence-corrected chi connectivity index (χ0v) is 9.96. The third-order valence-corrected chi connectivity index (χ3v) is 3.50. The van der Waals surface area contributed by atoms with Gasteiger partial charge in [0.25, 0.3) is 0 Å². The summed E-state index contributed by atoms with van der Waals surface area (Å²) in [5.74, 6) is 0. The van der Waals surface area contributed by atoms with E-state index in [-0.39, 0.29) is 9.21 Å². The summed E-state index contributed by atoms with van der Waals surface area (Å²) in [6, 6.07) is 1.51. The maximum Gasteiger partial charge on any atom is 0.420 e. The first kappa shape index (κ1) is 11.6. The average Bonchev–Trinajstić information content (AvgIpc) is 2.28.